The van der Waals surface area contributed by atoms with Crippen molar-refractivity contribution in [2.75, 3.05) is 0 Å². The smallest absolute Gasteiger partial charge is 0.319 e. The number of rotatable bonds is 0. The van der Waals surface area contributed by atoms with Gasteiger partial charge in [-0.15, -0.1) is 0 Å². The van der Waals surface area contributed by atoms with Crippen molar-refractivity contribution < 1.29 is 19.3 Å². The fourth-order valence-electron chi connectivity index (χ4n) is 0. The van der Waals surface area contributed by atoms with E-state index in [0.717, 1.165) is 0 Å². The van der Waals surface area contributed by atoms with E-state index in [1.54, 1.807) is 0 Å². The molecule has 0 amide bonds. The average molecular weight is 167 g/mol. The largest absolute Gasteiger partial charge is 0.325 e. The van der Waals surface area contributed by atoms with Gasteiger partial charge in [-0.1, -0.05) is 0 Å². The van der Waals surface area contributed by atoms with Gasteiger partial charge < -0.3 is 14.7 Å². The van der Waals surface area contributed by atoms with Crippen LogP contribution in [0.25, 0.3) is 0 Å². The van der Waals surface area contributed by atoms with E-state index in [0.29, 0.717) is 0 Å². The van der Waals surface area contributed by atoms with Gasteiger partial charge in [-0.2, -0.15) is 0 Å². The molecule has 0 atom stereocenters. The second-order valence-corrected chi connectivity index (χ2v) is 3.01. The maximum absolute atomic E-state index is 7.56. The Kier molecular flexibility index (Phi) is 7.54. The summed E-state index contributed by atoms with van der Waals surface area (Å²) in [5.74, 6) is 0. The Bertz CT molecular complexity index is 57.8. The van der Waals surface area contributed by atoms with Crippen LogP contribution in [0, 0.1) is 0 Å². The molecule has 46 valence electrons. The Hall–Kier alpha value is 0.780. The summed E-state index contributed by atoms with van der Waals surface area (Å²) in [7, 11) is 0. The van der Waals surface area contributed by atoms with Crippen LogP contribution in [-0.2, 0) is 11.8 Å². The minimum absolute atomic E-state index is 3.60. The van der Waals surface area contributed by atoms with E-state index in [2.05, 4.69) is 23.7 Å². The molecule has 0 bridgehead atoms. The molecular weight excluding hydrogens is 162 g/mol. The monoisotopic (exact) mass is 166 g/mol. The Balaban J connectivity index is 0. The van der Waals surface area contributed by atoms with E-state index in [1.165, 1.54) is 0 Å². The Morgan fingerprint density at radius 2 is 1.14 bits per heavy atom. The van der Waals surface area contributed by atoms with E-state index in [1.807, 2.05) is 0 Å². The Labute approximate surface area is 50.4 Å². The average Bonchev–Trinajstić information content (AvgIpc) is 1.36. The summed E-state index contributed by atoms with van der Waals surface area (Å²) in [5, 5.41) is 0. The number of halogens is 1. The van der Waals surface area contributed by atoms with Gasteiger partial charge in [0.05, 0.1) is 11.9 Å². The van der Waals surface area contributed by atoms with Crippen molar-refractivity contribution in [3.63, 3.8) is 0 Å². The summed E-state index contributed by atoms with van der Waals surface area (Å²) in [6, 6.07) is 0. The normalized spacial score (nSPS) is 9.29. The molecule has 0 aromatic heterocycles. The van der Waals surface area contributed by atoms with Crippen molar-refractivity contribution in [1.29, 1.82) is 0 Å². The molecule has 0 aliphatic rings. The molecule has 0 aromatic carbocycles. The van der Waals surface area contributed by atoms with Crippen LogP contribution in [0.3, 0.4) is 0 Å². The van der Waals surface area contributed by atoms with E-state index in [-0.39, 0.29) is 0 Å². The second kappa shape index (κ2) is 4.93. The molecule has 0 spiro atoms. The van der Waals surface area contributed by atoms with E-state index >= 15 is 0 Å². The van der Waals surface area contributed by atoms with Crippen LogP contribution in [0.4, 0.5) is 0 Å². The maximum Gasteiger partial charge on any atom is 0.319 e. The zero-order chi connectivity index (χ0) is 6.50. The van der Waals surface area contributed by atoms with Crippen LogP contribution >= 0.6 is 18.6 Å². The predicted octanol–water partition coefficient (Wildman–Crippen LogP) is -0.680. The number of hydrogen-bond acceptors (Lipinski definition) is 2. The first-order chi connectivity index (χ1) is 3.00. The second-order valence-electron chi connectivity index (χ2n) is 0.513. The molecule has 4 N–H and O–H groups in total. The van der Waals surface area contributed by atoms with Gasteiger partial charge in [0.2, 0.25) is 0 Å². The first-order valence-corrected chi connectivity index (χ1v) is 3.95. The van der Waals surface area contributed by atoms with Gasteiger partial charge in [0, 0.05) is 0 Å². The van der Waals surface area contributed by atoms with Crippen molar-refractivity contribution in [2.45, 2.75) is 0 Å². The summed E-state index contributed by atoms with van der Waals surface area (Å²) in [5.41, 5.74) is 0. The molecule has 0 radical (unpaired) electrons. The van der Waals surface area contributed by atoms with Crippen LogP contribution in [0.15, 0.2) is 0 Å². The van der Waals surface area contributed by atoms with Gasteiger partial charge in [-0.25, -0.2) is 0 Å². The SMILES string of the molecule is OCl.OP(O)(O)=S. The first kappa shape index (κ1) is 10.7. The van der Waals surface area contributed by atoms with Crippen LogP contribution in [0.2, 0.25) is 0 Å². The van der Waals surface area contributed by atoms with Gasteiger partial charge in [0.1, 0.15) is 0 Å². The van der Waals surface area contributed by atoms with Crippen molar-refractivity contribution >= 4 is 30.4 Å². The minimum atomic E-state index is -3.81. The summed E-state index contributed by atoms with van der Waals surface area (Å²) in [6.45, 7) is -3.81. The molecule has 4 nitrogen and oxygen atoms in total. The Morgan fingerprint density at radius 3 is 1.14 bits per heavy atom. The molecule has 7 heteroatoms. The molecule has 0 aliphatic heterocycles. The van der Waals surface area contributed by atoms with E-state index < -0.39 is 6.72 Å². The Morgan fingerprint density at radius 1 is 1.14 bits per heavy atom. The van der Waals surface area contributed by atoms with Crippen LogP contribution in [-0.4, -0.2) is 19.3 Å². The molecular formula is H4ClO4PS. The zero-order valence-corrected chi connectivity index (χ0v) is 5.49. The molecule has 0 heterocycles. The molecule has 0 unspecified atom stereocenters. The predicted molar refractivity (Wildman–Crippen MR) is 29.0 cm³/mol. The zero-order valence-electron chi connectivity index (χ0n) is 3.02. The van der Waals surface area contributed by atoms with E-state index in [9.17, 15) is 0 Å². The van der Waals surface area contributed by atoms with Gasteiger partial charge in [-0.05, 0) is 11.8 Å². The number of hydrogen-bond donors (Lipinski definition) is 4. The molecule has 0 saturated heterocycles. The summed E-state index contributed by atoms with van der Waals surface area (Å²) in [4.78, 5) is 22.7. The van der Waals surface area contributed by atoms with Crippen molar-refractivity contribution in [3.8, 4) is 0 Å². The molecule has 7 heavy (non-hydrogen) atoms. The summed E-state index contributed by atoms with van der Waals surface area (Å²) < 4.78 is 6.47. The fourth-order valence-corrected chi connectivity index (χ4v) is 0. The maximum atomic E-state index is 7.56. The molecule has 0 aromatic rings. The van der Waals surface area contributed by atoms with Gasteiger partial charge in [0.15, 0.2) is 0 Å². The summed E-state index contributed by atoms with van der Waals surface area (Å²) >= 11 is 7.24. The van der Waals surface area contributed by atoms with E-state index in [4.69, 9.17) is 19.3 Å². The quantitative estimate of drug-likeness (QED) is 0.359. The van der Waals surface area contributed by atoms with Crippen molar-refractivity contribution in [3.05, 3.63) is 0 Å². The molecule has 0 rings (SSSR count). The highest BCUT2D eigenvalue weighted by Crippen LogP contribution is 2.26. The lowest BCUT2D eigenvalue weighted by Crippen LogP contribution is -1.65. The van der Waals surface area contributed by atoms with Gasteiger partial charge >= 0.3 is 6.72 Å². The summed E-state index contributed by atoms with van der Waals surface area (Å²) in [6.07, 6.45) is 0. The molecule has 0 saturated carbocycles. The highest BCUT2D eigenvalue weighted by Gasteiger charge is 1.92. The van der Waals surface area contributed by atoms with Crippen LogP contribution < -0.4 is 0 Å². The lowest BCUT2D eigenvalue weighted by Gasteiger charge is -1.88. The fraction of sp³-hybridized carbons (Fsp3) is 0. The van der Waals surface area contributed by atoms with Crippen LogP contribution in [0.5, 0.6) is 0 Å². The standard InChI is InChI=1S/ClHO.H3O3PS/c1-2;1-4(2,3)5/h2H;(H3,1,2,3,5). The van der Waals surface area contributed by atoms with Crippen molar-refractivity contribution in [1.82, 2.24) is 0 Å². The lowest BCUT2D eigenvalue weighted by molar-refractivity contribution is 0.363. The third-order valence-corrected chi connectivity index (χ3v) is 0. The van der Waals surface area contributed by atoms with Crippen LogP contribution in [0.1, 0.15) is 0 Å². The topological polar surface area (TPSA) is 80.9 Å². The minimum Gasteiger partial charge on any atom is -0.325 e. The van der Waals surface area contributed by atoms with Gasteiger partial charge in [-0.3, -0.25) is 4.66 Å². The van der Waals surface area contributed by atoms with Crippen molar-refractivity contribution in [2.24, 2.45) is 0 Å². The van der Waals surface area contributed by atoms with Gasteiger partial charge in [0.25, 0.3) is 0 Å². The third-order valence-electron chi connectivity index (χ3n) is 0. The lowest BCUT2D eigenvalue weighted by atomic mass is 15.8. The third kappa shape index (κ3) is 255. The highest BCUT2D eigenvalue weighted by atomic mass is 35.5. The molecule has 0 fully saturated rings. The molecule has 0 aliphatic carbocycles. The highest BCUT2D eigenvalue weighted by molar-refractivity contribution is 8.06. The first-order valence-electron chi connectivity index (χ1n) is 0.952.